The number of nitrogens with zero attached hydrogens (tertiary/aromatic N) is 6. The highest BCUT2D eigenvalue weighted by Crippen LogP contribution is 2.26. The van der Waals surface area contributed by atoms with Crippen LogP contribution in [0.2, 0.25) is 0 Å². The SMILES string of the molecule is CCc1cc(N2CCN(c3ccc(OC)cc3)CC2)nc(SCc2ccc(C(=O)N3CCN(C(C)=O)CC3)cc2)n1. The normalized spacial score (nSPS) is 15.7. The summed E-state index contributed by atoms with van der Waals surface area (Å²) in [6, 6.07) is 18.2. The number of ether oxygens (including phenoxy) is 1. The molecule has 2 aliphatic rings. The summed E-state index contributed by atoms with van der Waals surface area (Å²) < 4.78 is 5.29. The Kier molecular flexibility index (Phi) is 9.28. The van der Waals surface area contributed by atoms with E-state index < -0.39 is 0 Å². The first-order valence-corrected chi connectivity index (χ1v) is 15.2. The number of hydrogen-bond donors (Lipinski definition) is 0. The lowest BCUT2D eigenvalue weighted by Gasteiger charge is -2.37. The summed E-state index contributed by atoms with van der Waals surface area (Å²) in [5.41, 5.74) is 4.05. The standard InChI is InChI=1S/C31H38N6O3S/c1-4-26-21-29(36-17-15-35(16-18-36)27-9-11-28(40-3)12-10-27)33-31(32-26)41-22-24-5-7-25(8-6-24)30(39)37-19-13-34(14-20-37)23(2)38/h5-12,21H,4,13-20,22H2,1-3H3. The number of carbonyl (C=O) groups excluding carboxylic acids is 2. The highest BCUT2D eigenvalue weighted by Gasteiger charge is 2.23. The Morgan fingerprint density at radius 1 is 0.829 bits per heavy atom. The van der Waals surface area contributed by atoms with Crippen LogP contribution in [0.3, 0.4) is 0 Å². The van der Waals surface area contributed by atoms with Gasteiger partial charge < -0.3 is 24.3 Å². The van der Waals surface area contributed by atoms with Crippen LogP contribution in [0.1, 0.15) is 35.5 Å². The molecule has 0 bridgehead atoms. The van der Waals surface area contributed by atoms with Gasteiger partial charge in [0.15, 0.2) is 5.16 Å². The molecule has 3 heterocycles. The van der Waals surface area contributed by atoms with E-state index in [-0.39, 0.29) is 11.8 Å². The van der Waals surface area contributed by atoms with E-state index in [9.17, 15) is 9.59 Å². The second-order valence-corrected chi connectivity index (χ2v) is 11.3. The van der Waals surface area contributed by atoms with Crippen LogP contribution in [0.4, 0.5) is 11.5 Å². The molecule has 0 radical (unpaired) electrons. The number of rotatable bonds is 8. The molecule has 2 amide bonds. The minimum absolute atomic E-state index is 0.0168. The van der Waals surface area contributed by atoms with Crippen LogP contribution in [0, 0.1) is 0 Å². The fraction of sp³-hybridized carbons (Fsp3) is 0.419. The molecule has 3 aromatic rings. The van der Waals surface area contributed by atoms with Crippen molar-refractivity contribution in [2.75, 3.05) is 69.3 Å². The zero-order valence-corrected chi connectivity index (χ0v) is 24.9. The van der Waals surface area contributed by atoms with Crippen molar-refractivity contribution >= 4 is 35.1 Å². The van der Waals surface area contributed by atoms with Gasteiger partial charge in [-0.05, 0) is 48.4 Å². The molecule has 216 valence electrons. The third-order valence-electron chi connectivity index (χ3n) is 7.73. The Morgan fingerprint density at radius 3 is 2.07 bits per heavy atom. The first-order valence-electron chi connectivity index (χ1n) is 14.2. The lowest BCUT2D eigenvalue weighted by Crippen LogP contribution is -2.50. The van der Waals surface area contributed by atoms with Crippen LogP contribution in [-0.4, -0.2) is 91.0 Å². The van der Waals surface area contributed by atoms with E-state index in [1.54, 1.807) is 30.7 Å². The Bertz CT molecular complexity index is 1330. The second-order valence-electron chi connectivity index (χ2n) is 10.3. The molecule has 0 N–H and O–H groups in total. The van der Waals surface area contributed by atoms with Crippen molar-refractivity contribution in [2.45, 2.75) is 31.2 Å². The maximum Gasteiger partial charge on any atom is 0.253 e. The van der Waals surface area contributed by atoms with E-state index in [2.05, 4.69) is 34.9 Å². The van der Waals surface area contributed by atoms with E-state index in [0.29, 0.717) is 31.7 Å². The Balaban J connectivity index is 1.17. The van der Waals surface area contributed by atoms with Crippen molar-refractivity contribution < 1.29 is 14.3 Å². The molecule has 2 aliphatic heterocycles. The van der Waals surface area contributed by atoms with Crippen molar-refractivity contribution in [2.24, 2.45) is 0 Å². The quantitative estimate of drug-likeness (QED) is 0.295. The fourth-order valence-corrected chi connectivity index (χ4v) is 5.98. The number of anilines is 2. The highest BCUT2D eigenvalue weighted by atomic mass is 32.2. The van der Waals surface area contributed by atoms with Gasteiger partial charge in [-0.15, -0.1) is 0 Å². The van der Waals surface area contributed by atoms with Gasteiger partial charge in [-0.2, -0.15) is 0 Å². The summed E-state index contributed by atoms with van der Waals surface area (Å²) in [6.07, 6.45) is 0.854. The number of hydrogen-bond acceptors (Lipinski definition) is 8. The van der Waals surface area contributed by atoms with Gasteiger partial charge in [-0.3, -0.25) is 9.59 Å². The summed E-state index contributed by atoms with van der Waals surface area (Å²) in [7, 11) is 1.69. The van der Waals surface area contributed by atoms with Crippen LogP contribution < -0.4 is 14.5 Å². The molecule has 0 spiro atoms. The van der Waals surface area contributed by atoms with Crippen LogP contribution in [-0.2, 0) is 17.0 Å². The molecule has 0 saturated carbocycles. The Morgan fingerprint density at radius 2 is 1.46 bits per heavy atom. The van der Waals surface area contributed by atoms with Gasteiger partial charge in [0.1, 0.15) is 11.6 Å². The molecule has 5 rings (SSSR count). The zero-order valence-electron chi connectivity index (χ0n) is 24.1. The maximum atomic E-state index is 12.9. The molecular weight excluding hydrogens is 536 g/mol. The Hall–Kier alpha value is -3.79. The predicted molar refractivity (Wildman–Crippen MR) is 163 cm³/mol. The third-order valence-corrected chi connectivity index (χ3v) is 8.65. The summed E-state index contributed by atoms with van der Waals surface area (Å²) in [5.74, 6) is 2.66. The molecule has 41 heavy (non-hydrogen) atoms. The first-order chi connectivity index (χ1) is 19.9. The van der Waals surface area contributed by atoms with Crippen LogP contribution >= 0.6 is 11.8 Å². The van der Waals surface area contributed by atoms with E-state index in [1.807, 2.05) is 41.3 Å². The molecule has 2 fully saturated rings. The van der Waals surface area contributed by atoms with Gasteiger partial charge in [0, 0.05) is 88.0 Å². The molecule has 9 nitrogen and oxygen atoms in total. The number of carbonyl (C=O) groups is 2. The molecule has 1 aromatic heterocycles. The average Bonchev–Trinajstić information content (AvgIpc) is 3.03. The number of benzene rings is 2. The molecule has 2 aromatic carbocycles. The van der Waals surface area contributed by atoms with Gasteiger partial charge in [0.25, 0.3) is 5.91 Å². The lowest BCUT2D eigenvalue weighted by atomic mass is 10.1. The van der Waals surface area contributed by atoms with Gasteiger partial charge in [-0.25, -0.2) is 9.97 Å². The van der Waals surface area contributed by atoms with Gasteiger partial charge >= 0.3 is 0 Å². The van der Waals surface area contributed by atoms with E-state index >= 15 is 0 Å². The highest BCUT2D eigenvalue weighted by molar-refractivity contribution is 7.98. The van der Waals surface area contributed by atoms with Crippen molar-refractivity contribution in [3.8, 4) is 5.75 Å². The second kappa shape index (κ2) is 13.2. The number of aromatic nitrogens is 2. The minimum atomic E-state index is 0.0168. The summed E-state index contributed by atoms with van der Waals surface area (Å²) >= 11 is 1.62. The Labute approximate surface area is 246 Å². The average molecular weight is 575 g/mol. The molecule has 2 saturated heterocycles. The van der Waals surface area contributed by atoms with Crippen molar-refractivity contribution in [3.05, 3.63) is 71.4 Å². The molecule has 0 atom stereocenters. The lowest BCUT2D eigenvalue weighted by molar-refractivity contribution is -0.130. The van der Waals surface area contributed by atoms with E-state index in [0.717, 1.165) is 66.3 Å². The summed E-state index contributed by atoms with van der Waals surface area (Å²) in [5, 5.41) is 0.778. The van der Waals surface area contributed by atoms with Crippen molar-refractivity contribution in [1.29, 1.82) is 0 Å². The number of piperazine rings is 2. The van der Waals surface area contributed by atoms with Gasteiger partial charge in [-0.1, -0.05) is 30.8 Å². The summed E-state index contributed by atoms with van der Waals surface area (Å²) in [6.45, 7) is 9.67. The summed E-state index contributed by atoms with van der Waals surface area (Å²) in [4.78, 5) is 42.6. The minimum Gasteiger partial charge on any atom is -0.497 e. The van der Waals surface area contributed by atoms with Crippen LogP contribution in [0.15, 0.2) is 59.8 Å². The van der Waals surface area contributed by atoms with Crippen molar-refractivity contribution in [1.82, 2.24) is 19.8 Å². The first kappa shape index (κ1) is 28.7. The molecule has 10 heteroatoms. The molecule has 0 aliphatic carbocycles. The number of thioether (sulfide) groups is 1. The largest absolute Gasteiger partial charge is 0.497 e. The molecular formula is C31H38N6O3S. The van der Waals surface area contributed by atoms with E-state index in [1.165, 1.54) is 5.69 Å². The maximum absolute atomic E-state index is 12.9. The number of amides is 2. The van der Waals surface area contributed by atoms with Gasteiger partial charge in [0.2, 0.25) is 5.91 Å². The zero-order chi connectivity index (χ0) is 28.8. The smallest absolute Gasteiger partial charge is 0.253 e. The monoisotopic (exact) mass is 574 g/mol. The number of methoxy groups -OCH3 is 1. The van der Waals surface area contributed by atoms with Crippen LogP contribution in [0.5, 0.6) is 5.75 Å². The number of aryl methyl sites for hydroxylation is 1. The predicted octanol–water partition coefficient (Wildman–Crippen LogP) is 3.97. The fourth-order valence-electron chi connectivity index (χ4n) is 5.15. The van der Waals surface area contributed by atoms with Crippen molar-refractivity contribution in [3.63, 3.8) is 0 Å². The van der Waals surface area contributed by atoms with Gasteiger partial charge in [0.05, 0.1) is 7.11 Å². The third kappa shape index (κ3) is 7.11. The molecule has 0 unspecified atom stereocenters. The topological polar surface area (TPSA) is 82.1 Å². The van der Waals surface area contributed by atoms with Crippen LogP contribution in [0.25, 0.3) is 0 Å². The van der Waals surface area contributed by atoms with E-state index in [4.69, 9.17) is 14.7 Å².